The first kappa shape index (κ1) is 16.9. The minimum absolute atomic E-state index is 0.00233. The molecule has 0 aliphatic rings. The first-order valence-corrected chi connectivity index (χ1v) is 8.25. The Labute approximate surface area is 121 Å². The van der Waals surface area contributed by atoms with Crippen molar-refractivity contribution in [2.75, 3.05) is 13.2 Å². The van der Waals surface area contributed by atoms with Gasteiger partial charge in [0.1, 0.15) is 5.75 Å². The maximum atomic E-state index is 12.0. The number of sulfonamides is 1. The maximum Gasteiger partial charge on any atom is 0.240 e. The van der Waals surface area contributed by atoms with E-state index in [9.17, 15) is 13.5 Å². The molecule has 0 saturated heterocycles. The molecule has 0 radical (unpaired) electrons. The molecule has 1 atom stereocenters. The van der Waals surface area contributed by atoms with E-state index >= 15 is 0 Å². The van der Waals surface area contributed by atoms with Crippen LogP contribution < -0.4 is 9.46 Å². The summed E-state index contributed by atoms with van der Waals surface area (Å²) in [5.74, 6) is 0.649. The second-order valence-electron chi connectivity index (χ2n) is 4.98. The van der Waals surface area contributed by atoms with Crippen molar-refractivity contribution in [3.05, 3.63) is 24.3 Å². The number of benzene rings is 1. The second kappa shape index (κ2) is 7.61. The fraction of sp³-hybridized carbons (Fsp3) is 0.571. The third-order valence-corrected chi connectivity index (χ3v) is 4.30. The fourth-order valence-electron chi connectivity index (χ4n) is 1.45. The van der Waals surface area contributed by atoms with Crippen molar-refractivity contribution < 1.29 is 18.3 Å². The van der Waals surface area contributed by atoms with Gasteiger partial charge in [0.15, 0.2) is 0 Å². The van der Waals surface area contributed by atoms with Gasteiger partial charge in [-0.2, -0.15) is 0 Å². The summed E-state index contributed by atoms with van der Waals surface area (Å²) in [7, 11) is -3.59. The summed E-state index contributed by atoms with van der Waals surface area (Å²) in [6.07, 6.45) is 0.200. The zero-order chi connectivity index (χ0) is 15.2. The van der Waals surface area contributed by atoms with Gasteiger partial charge in [-0.1, -0.05) is 20.8 Å². The van der Waals surface area contributed by atoms with Gasteiger partial charge >= 0.3 is 0 Å². The third-order valence-electron chi connectivity index (χ3n) is 2.86. The lowest BCUT2D eigenvalue weighted by molar-refractivity contribution is 0.129. The van der Waals surface area contributed by atoms with Crippen LogP contribution >= 0.6 is 0 Å². The molecule has 0 bridgehead atoms. The van der Waals surface area contributed by atoms with Crippen molar-refractivity contribution in [1.29, 1.82) is 0 Å². The number of hydrogen-bond acceptors (Lipinski definition) is 4. The van der Waals surface area contributed by atoms with E-state index in [-0.39, 0.29) is 17.4 Å². The van der Waals surface area contributed by atoms with Crippen LogP contribution in [0.4, 0.5) is 0 Å². The van der Waals surface area contributed by atoms with Gasteiger partial charge in [-0.15, -0.1) is 0 Å². The van der Waals surface area contributed by atoms with Crippen LogP contribution in [0.5, 0.6) is 5.75 Å². The normalized spacial score (nSPS) is 13.4. The molecule has 0 fully saturated rings. The highest BCUT2D eigenvalue weighted by Gasteiger charge is 2.17. The highest BCUT2D eigenvalue weighted by molar-refractivity contribution is 7.89. The Bertz CT molecular complexity index is 496. The Morgan fingerprint density at radius 2 is 1.85 bits per heavy atom. The summed E-state index contributed by atoms with van der Waals surface area (Å²) in [4.78, 5) is 0.164. The molecule has 1 aromatic rings. The number of hydrogen-bond donors (Lipinski definition) is 2. The van der Waals surface area contributed by atoms with Gasteiger partial charge in [0.2, 0.25) is 10.0 Å². The average Bonchev–Trinajstić information content (AvgIpc) is 2.43. The summed E-state index contributed by atoms with van der Waals surface area (Å²) < 4.78 is 31.8. The SMILES string of the molecule is CCCOc1ccc(S(=O)(=O)NCC(O)C(C)C)cc1. The summed E-state index contributed by atoms with van der Waals surface area (Å²) in [6, 6.07) is 6.25. The Hall–Kier alpha value is -1.11. The standard InChI is InChI=1S/C14H23NO4S/c1-4-9-19-12-5-7-13(8-6-12)20(17,18)15-10-14(16)11(2)3/h5-8,11,14-16H,4,9-10H2,1-3H3. The van der Waals surface area contributed by atoms with Crippen molar-refractivity contribution in [1.82, 2.24) is 4.72 Å². The molecule has 0 saturated carbocycles. The molecular weight excluding hydrogens is 278 g/mol. The van der Waals surface area contributed by atoms with Gasteiger partial charge < -0.3 is 9.84 Å². The molecule has 0 spiro atoms. The minimum atomic E-state index is -3.59. The van der Waals surface area contributed by atoms with Crippen LogP contribution in [0.25, 0.3) is 0 Å². The summed E-state index contributed by atoms with van der Waals surface area (Å²) in [5.41, 5.74) is 0. The zero-order valence-corrected chi connectivity index (χ0v) is 13.0. The Balaban J connectivity index is 2.68. The molecule has 1 rings (SSSR count). The Morgan fingerprint density at radius 1 is 1.25 bits per heavy atom. The molecule has 1 unspecified atom stereocenters. The molecule has 6 heteroatoms. The Kier molecular flexibility index (Phi) is 6.45. The molecule has 0 aliphatic heterocycles. The monoisotopic (exact) mass is 301 g/mol. The molecule has 5 nitrogen and oxygen atoms in total. The second-order valence-corrected chi connectivity index (χ2v) is 6.75. The number of ether oxygens (including phenoxy) is 1. The van der Waals surface area contributed by atoms with E-state index in [1.807, 2.05) is 20.8 Å². The molecule has 20 heavy (non-hydrogen) atoms. The fourth-order valence-corrected chi connectivity index (χ4v) is 2.50. The van der Waals surface area contributed by atoms with E-state index in [0.29, 0.717) is 12.4 Å². The van der Waals surface area contributed by atoms with E-state index in [1.54, 1.807) is 12.1 Å². The molecular formula is C14H23NO4S. The van der Waals surface area contributed by atoms with Crippen molar-refractivity contribution in [3.63, 3.8) is 0 Å². The quantitative estimate of drug-likeness (QED) is 0.767. The first-order valence-electron chi connectivity index (χ1n) is 6.77. The number of aliphatic hydroxyl groups is 1. The van der Waals surface area contributed by atoms with Gasteiger partial charge in [0.05, 0.1) is 17.6 Å². The van der Waals surface area contributed by atoms with E-state index in [4.69, 9.17) is 4.74 Å². The Morgan fingerprint density at radius 3 is 2.35 bits per heavy atom. The van der Waals surface area contributed by atoms with Crippen molar-refractivity contribution in [2.24, 2.45) is 5.92 Å². The number of nitrogens with one attached hydrogen (secondary N) is 1. The average molecular weight is 301 g/mol. The minimum Gasteiger partial charge on any atom is -0.494 e. The van der Waals surface area contributed by atoms with Crippen molar-refractivity contribution in [3.8, 4) is 5.75 Å². The van der Waals surface area contributed by atoms with Crippen molar-refractivity contribution >= 4 is 10.0 Å². The van der Waals surface area contributed by atoms with Crippen LogP contribution in [-0.4, -0.2) is 32.8 Å². The predicted octanol–water partition coefficient (Wildman–Crippen LogP) is 1.77. The van der Waals surface area contributed by atoms with Gasteiger partial charge in [0, 0.05) is 6.54 Å². The molecule has 114 valence electrons. The topological polar surface area (TPSA) is 75.6 Å². The molecule has 1 aromatic carbocycles. The lowest BCUT2D eigenvalue weighted by Gasteiger charge is -2.15. The molecule has 0 heterocycles. The predicted molar refractivity (Wildman–Crippen MR) is 78.3 cm³/mol. The summed E-state index contributed by atoms with van der Waals surface area (Å²) >= 11 is 0. The zero-order valence-electron chi connectivity index (χ0n) is 12.2. The van der Waals surface area contributed by atoms with Crippen LogP contribution in [-0.2, 0) is 10.0 Å². The number of aliphatic hydroxyl groups excluding tert-OH is 1. The highest BCUT2D eigenvalue weighted by Crippen LogP contribution is 2.16. The van der Waals surface area contributed by atoms with Gasteiger partial charge in [-0.25, -0.2) is 13.1 Å². The van der Waals surface area contributed by atoms with Gasteiger partial charge in [-0.05, 0) is 36.6 Å². The molecule has 0 aromatic heterocycles. The first-order chi connectivity index (χ1) is 9.36. The molecule has 0 aliphatic carbocycles. The smallest absolute Gasteiger partial charge is 0.240 e. The van der Waals surface area contributed by atoms with E-state index in [2.05, 4.69) is 4.72 Å². The van der Waals surface area contributed by atoms with E-state index in [1.165, 1.54) is 12.1 Å². The lowest BCUT2D eigenvalue weighted by atomic mass is 10.1. The molecule has 0 amide bonds. The van der Waals surface area contributed by atoms with E-state index in [0.717, 1.165) is 6.42 Å². The van der Waals surface area contributed by atoms with Crippen LogP contribution in [0, 0.1) is 5.92 Å². The lowest BCUT2D eigenvalue weighted by Crippen LogP contribution is -2.34. The van der Waals surface area contributed by atoms with Crippen molar-refractivity contribution in [2.45, 2.75) is 38.2 Å². The third kappa shape index (κ3) is 5.11. The van der Waals surface area contributed by atoms with E-state index < -0.39 is 16.1 Å². The molecule has 2 N–H and O–H groups in total. The maximum absolute atomic E-state index is 12.0. The van der Waals surface area contributed by atoms with Crippen LogP contribution in [0.3, 0.4) is 0 Å². The number of rotatable bonds is 8. The largest absolute Gasteiger partial charge is 0.494 e. The summed E-state index contributed by atoms with van der Waals surface area (Å²) in [6.45, 7) is 6.28. The van der Waals surface area contributed by atoms with Crippen LogP contribution in [0.2, 0.25) is 0 Å². The summed E-state index contributed by atoms with van der Waals surface area (Å²) in [5, 5.41) is 9.63. The van der Waals surface area contributed by atoms with Crippen LogP contribution in [0.1, 0.15) is 27.2 Å². The van der Waals surface area contributed by atoms with Gasteiger partial charge in [-0.3, -0.25) is 0 Å². The van der Waals surface area contributed by atoms with Gasteiger partial charge in [0.25, 0.3) is 0 Å². The van der Waals surface area contributed by atoms with Crippen LogP contribution in [0.15, 0.2) is 29.2 Å². The highest BCUT2D eigenvalue weighted by atomic mass is 32.2.